The molecule has 1 N–H and O–H groups in total. The molecule has 0 heterocycles. The second kappa shape index (κ2) is 7.07. The summed E-state index contributed by atoms with van der Waals surface area (Å²) >= 11 is 3.61. The van der Waals surface area contributed by atoms with Crippen LogP contribution in [0.25, 0.3) is 0 Å². The van der Waals surface area contributed by atoms with E-state index in [9.17, 15) is 8.42 Å². The molecule has 1 rings (SSSR count). The van der Waals surface area contributed by atoms with Crippen LogP contribution in [-0.2, 0) is 10.2 Å². The van der Waals surface area contributed by atoms with Gasteiger partial charge in [0.2, 0.25) is 0 Å². The Morgan fingerprint density at radius 2 is 1.71 bits per heavy atom. The molecular formula is C11H23BrN2O2S. The fourth-order valence-corrected chi connectivity index (χ4v) is 4.04. The summed E-state index contributed by atoms with van der Waals surface area (Å²) in [7, 11) is -3.26. The molecule has 1 aliphatic rings. The molecule has 0 spiro atoms. The van der Waals surface area contributed by atoms with Crippen molar-refractivity contribution in [3.8, 4) is 0 Å². The molecular weight excluding hydrogens is 304 g/mol. The van der Waals surface area contributed by atoms with Crippen LogP contribution in [0.15, 0.2) is 0 Å². The van der Waals surface area contributed by atoms with E-state index in [1.165, 1.54) is 4.31 Å². The Hall–Kier alpha value is 0.350. The highest BCUT2D eigenvalue weighted by Crippen LogP contribution is 2.28. The van der Waals surface area contributed by atoms with Crippen molar-refractivity contribution < 1.29 is 8.42 Å². The molecule has 0 aromatic heterocycles. The Kier molecular flexibility index (Phi) is 6.40. The van der Waals surface area contributed by atoms with Gasteiger partial charge in [-0.1, -0.05) is 29.8 Å². The third-order valence-corrected chi connectivity index (χ3v) is 6.02. The first kappa shape index (κ1) is 15.4. The Labute approximate surface area is 113 Å². The van der Waals surface area contributed by atoms with E-state index in [0.29, 0.717) is 30.4 Å². The van der Waals surface area contributed by atoms with Crippen LogP contribution in [0.3, 0.4) is 0 Å². The molecule has 6 heteroatoms. The highest BCUT2D eigenvalue weighted by Gasteiger charge is 2.23. The van der Waals surface area contributed by atoms with Gasteiger partial charge in [-0.2, -0.15) is 12.7 Å². The van der Waals surface area contributed by atoms with Gasteiger partial charge < -0.3 is 0 Å². The lowest BCUT2D eigenvalue weighted by Gasteiger charge is -2.26. The fourth-order valence-electron chi connectivity index (χ4n) is 2.20. The molecule has 0 aromatic rings. The van der Waals surface area contributed by atoms with Gasteiger partial charge in [-0.05, 0) is 31.6 Å². The summed E-state index contributed by atoms with van der Waals surface area (Å²) in [6.45, 7) is 5.36. The summed E-state index contributed by atoms with van der Waals surface area (Å²) in [4.78, 5) is 0.623. The molecule has 1 fully saturated rings. The van der Waals surface area contributed by atoms with E-state index in [1.807, 2.05) is 13.8 Å². The maximum atomic E-state index is 11.9. The van der Waals surface area contributed by atoms with Crippen molar-refractivity contribution in [2.45, 2.75) is 44.4 Å². The Balaban J connectivity index is 2.39. The van der Waals surface area contributed by atoms with E-state index in [2.05, 4.69) is 20.7 Å². The highest BCUT2D eigenvalue weighted by molar-refractivity contribution is 9.09. The second-order valence-electron chi connectivity index (χ2n) is 4.56. The van der Waals surface area contributed by atoms with Crippen molar-refractivity contribution in [2.24, 2.45) is 5.92 Å². The van der Waals surface area contributed by atoms with Crippen LogP contribution in [0.2, 0.25) is 0 Å². The summed E-state index contributed by atoms with van der Waals surface area (Å²) < 4.78 is 28.0. The second-order valence-corrected chi connectivity index (χ2v) is 7.61. The van der Waals surface area contributed by atoms with Gasteiger partial charge in [0.1, 0.15) is 0 Å². The standard InChI is InChI=1S/C11H23BrN2O2S/c1-3-14(4-2)17(15,16)13-9-10-5-7-11(12)8-6-10/h10-11,13H,3-9H2,1-2H3. The molecule has 102 valence electrons. The predicted octanol–water partition coefficient (Wildman–Crippen LogP) is 2.12. The number of nitrogens with one attached hydrogen (secondary N) is 1. The third-order valence-electron chi connectivity index (χ3n) is 3.38. The summed E-state index contributed by atoms with van der Waals surface area (Å²) in [6.07, 6.45) is 4.52. The maximum absolute atomic E-state index is 11.9. The molecule has 0 atom stereocenters. The lowest BCUT2D eigenvalue weighted by molar-refractivity contribution is 0.359. The molecule has 0 radical (unpaired) electrons. The van der Waals surface area contributed by atoms with Gasteiger partial charge in [-0.3, -0.25) is 0 Å². The topological polar surface area (TPSA) is 49.4 Å². The number of hydrogen-bond donors (Lipinski definition) is 1. The Morgan fingerprint density at radius 3 is 2.18 bits per heavy atom. The first-order chi connectivity index (χ1) is 7.99. The zero-order valence-corrected chi connectivity index (χ0v) is 13.1. The maximum Gasteiger partial charge on any atom is 0.279 e. The zero-order valence-electron chi connectivity index (χ0n) is 10.7. The molecule has 0 saturated heterocycles. The molecule has 1 aliphatic carbocycles. The van der Waals surface area contributed by atoms with Crippen molar-refractivity contribution in [1.82, 2.24) is 9.03 Å². The van der Waals surface area contributed by atoms with Crippen molar-refractivity contribution >= 4 is 26.1 Å². The zero-order chi connectivity index (χ0) is 12.9. The lowest BCUT2D eigenvalue weighted by atomic mass is 9.89. The molecule has 0 unspecified atom stereocenters. The van der Waals surface area contributed by atoms with Crippen molar-refractivity contribution in [3.63, 3.8) is 0 Å². The molecule has 0 aliphatic heterocycles. The molecule has 0 amide bonds. The van der Waals surface area contributed by atoms with E-state index in [-0.39, 0.29) is 0 Å². The minimum Gasteiger partial charge on any atom is -0.202 e. The predicted molar refractivity (Wildman–Crippen MR) is 74.5 cm³/mol. The van der Waals surface area contributed by atoms with E-state index < -0.39 is 10.2 Å². The summed E-state index contributed by atoms with van der Waals surface area (Å²) in [6, 6.07) is 0. The van der Waals surface area contributed by atoms with Crippen LogP contribution in [0.5, 0.6) is 0 Å². The third kappa shape index (κ3) is 4.85. The number of halogens is 1. The van der Waals surface area contributed by atoms with Gasteiger partial charge in [0, 0.05) is 24.5 Å². The average Bonchev–Trinajstić information content (AvgIpc) is 2.29. The van der Waals surface area contributed by atoms with E-state index in [1.54, 1.807) is 0 Å². The molecule has 1 saturated carbocycles. The van der Waals surface area contributed by atoms with Crippen molar-refractivity contribution in [1.29, 1.82) is 0 Å². The minimum absolute atomic E-state index is 0.495. The van der Waals surface area contributed by atoms with Crippen LogP contribution in [0.4, 0.5) is 0 Å². The van der Waals surface area contributed by atoms with Gasteiger partial charge in [0.25, 0.3) is 10.2 Å². The lowest BCUT2D eigenvalue weighted by Crippen LogP contribution is -2.42. The van der Waals surface area contributed by atoms with Crippen molar-refractivity contribution in [2.75, 3.05) is 19.6 Å². The van der Waals surface area contributed by atoms with Gasteiger partial charge in [-0.15, -0.1) is 0 Å². The monoisotopic (exact) mass is 326 g/mol. The Bertz CT molecular complexity index is 309. The molecule has 0 aromatic carbocycles. The molecule has 0 bridgehead atoms. The van der Waals surface area contributed by atoms with Gasteiger partial charge >= 0.3 is 0 Å². The summed E-state index contributed by atoms with van der Waals surface area (Å²) in [5.41, 5.74) is 0. The van der Waals surface area contributed by atoms with Gasteiger partial charge in [-0.25, -0.2) is 4.72 Å². The normalized spacial score (nSPS) is 26.4. The quantitative estimate of drug-likeness (QED) is 0.760. The van der Waals surface area contributed by atoms with E-state index >= 15 is 0 Å². The number of rotatable bonds is 6. The molecule has 17 heavy (non-hydrogen) atoms. The first-order valence-electron chi connectivity index (χ1n) is 6.38. The SMILES string of the molecule is CCN(CC)S(=O)(=O)NCC1CCC(Br)CC1. The number of nitrogens with zero attached hydrogens (tertiary/aromatic N) is 1. The van der Waals surface area contributed by atoms with Crippen LogP contribution in [0.1, 0.15) is 39.5 Å². The van der Waals surface area contributed by atoms with Gasteiger partial charge in [0.05, 0.1) is 0 Å². The fraction of sp³-hybridized carbons (Fsp3) is 1.00. The van der Waals surface area contributed by atoms with Gasteiger partial charge in [0.15, 0.2) is 0 Å². The highest BCUT2D eigenvalue weighted by atomic mass is 79.9. The van der Waals surface area contributed by atoms with Crippen LogP contribution in [0, 0.1) is 5.92 Å². The number of alkyl halides is 1. The smallest absolute Gasteiger partial charge is 0.202 e. The van der Waals surface area contributed by atoms with E-state index in [4.69, 9.17) is 0 Å². The largest absolute Gasteiger partial charge is 0.279 e. The Morgan fingerprint density at radius 1 is 1.18 bits per heavy atom. The van der Waals surface area contributed by atoms with Crippen molar-refractivity contribution in [3.05, 3.63) is 0 Å². The average molecular weight is 327 g/mol. The summed E-state index contributed by atoms with van der Waals surface area (Å²) in [5, 5.41) is 0. The van der Waals surface area contributed by atoms with E-state index in [0.717, 1.165) is 25.7 Å². The minimum atomic E-state index is -3.26. The molecule has 4 nitrogen and oxygen atoms in total. The first-order valence-corrected chi connectivity index (χ1v) is 8.74. The number of hydrogen-bond acceptors (Lipinski definition) is 2. The van der Waals surface area contributed by atoms with Crippen LogP contribution < -0.4 is 4.72 Å². The van der Waals surface area contributed by atoms with Crippen LogP contribution >= 0.6 is 15.9 Å². The van der Waals surface area contributed by atoms with Crippen LogP contribution in [-0.4, -0.2) is 37.2 Å². The summed E-state index contributed by atoms with van der Waals surface area (Å²) in [5.74, 6) is 0.495.